The zero-order valence-corrected chi connectivity index (χ0v) is 13.2. The van der Waals surface area contributed by atoms with Gasteiger partial charge in [-0.25, -0.2) is 4.98 Å². The molecule has 0 amide bonds. The van der Waals surface area contributed by atoms with Crippen LogP contribution in [0.25, 0.3) is 0 Å². The Bertz CT molecular complexity index is 845. The summed E-state index contributed by atoms with van der Waals surface area (Å²) >= 11 is 0. The summed E-state index contributed by atoms with van der Waals surface area (Å²) in [6.07, 6.45) is 4.23. The van der Waals surface area contributed by atoms with Gasteiger partial charge in [0.15, 0.2) is 11.3 Å². The topological polar surface area (TPSA) is 100 Å². The number of aromatic nitrogens is 1. The van der Waals surface area contributed by atoms with E-state index in [2.05, 4.69) is 4.98 Å². The summed E-state index contributed by atoms with van der Waals surface area (Å²) in [5.41, 5.74) is 16.3. The lowest BCUT2D eigenvalue weighted by molar-refractivity contribution is -0.141. The zero-order chi connectivity index (χ0) is 18.0. The van der Waals surface area contributed by atoms with Gasteiger partial charge in [-0.2, -0.15) is 13.2 Å². The zero-order valence-electron chi connectivity index (χ0n) is 13.2. The van der Waals surface area contributed by atoms with E-state index in [4.69, 9.17) is 21.9 Å². The van der Waals surface area contributed by atoms with Crippen molar-refractivity contribution in [1.29, 1.82) is 0 Å². The molecule has 6 N–H and O–H groups in total. The molecular weight excluding hydrogens is 333 g/mol. The number of hydrogen-bond acceptors (Lipinski definition) is 5. The average molecular weight is 350 g/mol. The van der Waals surface area contributed by atoms with Crippen LogP contribution >= 0.6 is 0 Å². The third-order valence-electron chi connectivity index (χ3n) is 5.33. The second-order valence-electron chi connectivity index (χ2n) is 6.82. The van der Waals surface area contributed by atoms with E-state index in [1.165, 1.54) is 6.07 Å². The lowest BCUT2D eigenvalue weighted by Crippen LogP contribution is -2.41. The SMILES string of the molecule is NC1=C(N)C23C=CC=CC2CC1(Oc1cc(N)cc(C(F)(F)F)n1)C3. The summed E-state index contributed by atoms with van der Waals surface area (Å²) in [6.45, 7) is 0. The smallest absolute Gasteiger partial charge is 0.433 e. The number of nitrogen functional groups attached to an aromatic ring is 1. The van der Waals surface area contributed by atoms with Gasteiger partial charge in [0.1, 0.15) is 0 Å². The molecule has 1 saturated carbocycles. The number of nitrogens with zero attached hydrogens (tertiary/aromatic N) is 1. The molecule has 8 heteroatoms. The maximum absolute atomic E-state index is 13.0. The predicted octanol–water partition coefficient (Wildman–Crippen LogP) is 2.47. The molecular formula is C17H17F3N4O. The highest BCUT2D eigenvalue weighted by atomic mass is 19.4. The van der Waals surface area contributed by atoms with Gasteiger partial charge in [0.2, 0.25) is 5.88 Å². The quantitative estimate of drug-likeness (QED) is 0.761. The first-order valence-electron chi connectivity index (χ1n) is 7.82. The van der Waals surface area contributed by atoms with Crippen LogP contribution in [0.4, 0.5) is 18.9 Å². The maximum atomic E-state index is 13.0. The van der Waals surface area contributed by atoms with Crippen LogP contribution in [0, 0.1) is 11.3 Å². The molecule has 0 saturated heterocycles. The van der Waals surface area contributed by atoms with Crippen molar-refractivity contribution in [2.45, 2.75) is 24.6 Å². The fourth-order valence-corrected chi connectivity index (χ4v) is 4.20. The van der Waals surface area contributed by atoms with E-state index in [1.807, 2.05) is 24.3 Å². The Labute approximate surface area is 142 Å². The van der Waals surface area contributed by atoms with Gasteiger partial charge in [-0.3, -0.25) is 0 Å². The van der Waals surface area contributed by atoms with Crippen molar-refractivity contribution in [3.05, 3.63) is 53.5 Å². The highest BCUT2D eigenvalue weighted by Gasteiger charge is 2.64. The highest BCUT2D eigenvalue weighted by Crippen LogP contribution is 2.63. The second kappa shape index (κ2) is 4.71. The standard InChI is InChI=1S/C17H17F3N4O/c18-17(19,20)11-5-10(21)6-12(24-11)25-16-7-9-3-1-2-4-15(9,8-16)13(22)14(16)23/h1-6,9H,7-8,22-23H2,(H2,21,24). The Hall–Kier alpha value is -2.64. The van der Waals surface area contributed by atoms with Gasteiger partial charge in [-0.1, -0.05) is 24.3 Å². The van der Waals surface area contributed by atoms with Crippen molar-refractivity contribution < 1.29 is 17.9 Å². The van der Waals surface area contributed by atoms with Gasteiger partial charge in [0.05, 0.1) is 5.70 Å². The second-order valence-corrected chi connectivity index (χ2v) is 6.82. The number of rotatable bonds is 2. The van der Waals surface area contributed by atoms with Crippen LogP contribution in [0.15, 0.2) is 47.8 Å². The van der Waals surface area contributed by atoms with Crippen molar-refractivity contribution in [2.24, 2.45) is 22.8 Å². The Morgan fingerprint density at radius 3 is 2.60 bits per heavy atom. The molecule has 3 aliphatic carbocycles. The first-order chi connectivity index (χ1) is 11.7. The normalized spacial score (nSPS) is 33.0. The van der Waals surface area contributed by atoms with Crippen LogP contribution in [0.3, 0.4) is 0 Å². The van der Waals surface area contributed by atoms with Crippen LogP contribution in [-0.2, 0) is 6.18 Å². The lowest BCUT2D eigenvalue weighted by Gasteiger charge is -2.34. The first-order valence-corrected chi connectivity index (χ1v) is 7.82. The average Bonchev–Trinajstić information content (AvgIpc) is 2.96. The molecule has 2 bridgehead atoms. The Balaban J connectivity index is 1.74. The summed E-state index contributed by atoms with van der Waals surface area (Å²) in [6, 6.07) is 2.04. The number of anilines is 1. The van der Waals surface area contributed by atoms with Gasteiger partial charge in [-0.05, 0) is 12.0 Å². The van der Waals surface area contributed by atoms with Crippen LogP contribution < -0.4 is 21.9 Å². The molecule has 1 fully saturated rings. The van der Waals surface area contributed by atoms with E-state index < -0.39 is 22.9 Å². The van der Waals surface area contributed by atoms with E-state index >= 15 is 0 Å². The van der Waals surface area contributed by atoms with Gasteiger partial charge in [-0.15, -0.1) is 0 Å². The largest absolute Gasteiger partial charge is 0.464 e. The first kappa shape index (κ1) is 15.9. The lowest BCUT2D eigenvalue weighted by atomic mass is 9.73. The molecule has 1 aromatic heterocycles. The third-order valence-corrected chi connectivity index (χ3v) is 5.33. The van der Waals surface area contributed by atoms with Crippen molar-refractivity contribution >= 4 is 5.69 Å². The molecule has 3 aliphatic rings. The van der Waals surface area contributed by atoms with E-state index in [9.17, 15) is 13.2 Å². The summed E-state index contributed by atoms with van der Waals surface area (Å²) in [5, 5.41) is 0. The molecule has 3 unspecified atom stereocenters. The molecule has 5 nitrogen and oxygen atoms in total. The Kier molecular flexibility index (Phi) is 2.99. The summed E-state index contributed by atoms with van der Waals surface area (Å²) in [5.74, 6) is -0.111. The van der Waals surface area contributed by atoms with Crippen LogP contribution in [0.5, 0.6) is 5.88 Å². The third kappa shape index (κ3) is 2.13. The molecule has 3 atom stereocenters. The fourth-order valence-electron chi connectivity index (χ4n) is 4.20. The number of alkyl halides is 3. The number of pyridine rings is 1. The van der Waals surface area contributed by atoms with Crippen molar-refractivity contribution in [3.8, 4) is 5.88 Å². The number of halogens is 3. The monoisotopic (exact) mass is 350 g/mol. The van der Waals surface area contributed by atoms with E-state index in [1.54, 1.807) is 0 Å². The predicted molar refractivity (Wildman–Crippen MR) is 85.8 cm³/mol. The minimum Gasteiger partial charge on any atom is -0.464 e. The number of hydrogen-bond donors (Lipinski definition) is 3. The molecule has 25 heavy (non-hydrogen) atoms. The molecule has 4 rings (SSSR count). The van der Waals surface area contributed by atoms with Gasteiger partial charge >= 0.3 is 6.18 Å². The van der Waals surface area contributed by atoms with Gasteiger partial charge in [0.25, 0.3) is 0 Å². The summed E-state index contributed by atoms with van der Waals surface area (Å²) in [7, 11) is 0. The molecule has 132 valence electrons. The van der Waals surface area contributed by atoms with Crippen LogP contribution in [0.2, 0.25) is 0 Å². The van der Waals surface area contributed by atoms with E-state index in [0.717, 1.165) is 6.07 Å². The van der Waals surface area contributed by atoms with E-state index in [-0.39, 0.29) is 17.5 Å². The maximum Gasteiger partial charge on any atom is 0.433 e. The Morgan fingerprint density at radius 2 is 1.88 bits per heavy atom. The van der Waals surface area contributed by atoms with Gasteiger partial charge in [0, 0.05) is 35.7 Å². The van der Waals surface area contributed by atoms with Crippen molar-refractivity contribution in [2.75, 3.05) is 5.73 Å². The summed E-state index contributed by atoms with van der Waals surface area (Å²) < 4.78 is 44.9. The molecule has 0 aromatic carbocycles. The Morgan fingerprint density at radius 1 is 1.12 bits per heavy atom. The molecule has 0 aliphatic heterocycles. The van der Waals surface area contributed by atoms with Crippen molar-refractivity contribution in [1.82, 2.24) is 4.98 Å². The minimum absolute atomic E-state index is 0.0767. The number of fused-ring (bicyclic) bond motifs is 1. The fraction of sp³-hybridized carbons (Fsp3) is 0.353. The molecule has 0 radical (unpaired) electrons. The minimum atomic E-state index is -4.61. The summed E-state index contributed by atoms with van der Waals surface area (Å²) in [4.78, 5) is 3.57. The molecule has 1 aromatic rings. The number of nitrogens with two attached hydrogens (primary N) is 3. The van der Waals surface area contributed by atoms with E-state index in [0.29, 0.717) is 24.2 Å². The molecule has 1 spiro atoms. The van der Waals surface area contributed by atoms with Gasteiger partial charge < -0.3 is 21.9 Å². The number of ether oxygens (including phenoxy) is 1. The highest BCUT2D eigenvalue weighted by molar-refractivity contribution is 5.49. The van der Waals surface area contributed by atoms with Crippen molar-refractivity contribution in [3.63, 3.8) is 0 Å². The van der Waals surface area contributed by atoms with Crippen LogP contribution in [-0.4, -0.2) is 10.6 Å². The van der Waals surface area contributed by atoms with Crippen LogP contribution in [0.1, 0.15) is 18.5 Å². The number of allylic oxidation sites excluding steroid dienone is 4. The molecule has 1 heterocycles.